The van der Waals surface area contributed by atoms with Gasteiger partial charge < -0.3 is 0 Å². The lowest BCUT2D eigenvalue weighted by Gasteiger charge is -2.14. The van der Waals surface area contributed by atoms with Crippen LogP contribution in [0.25, 0.3) is 0 Å². The topological polar surface area (TPSA) is 6.25 Å². The maximum absolute atomic E-state index is 2.40. The van der Waals surface area contributed by atoms with Gasteiger partial charge in [-0.15, -0.1) is 0 Å². The van der Waals surface area contributed by atoms with Crippen molar-refractivity contribution in [1.29, 1.82) is 0 Å². The van der Waals surface area contributed by atoms with Gasteiger partial charge >= 0.3 is 0 Å². The number of nitrogens with zero attached hydrogens (tertiary/aromatic N) is 2. The predicted molar refractivity (Wildman–Crippen MR) is 61.7 cm³/mol. The molecule has 1 rings (SSSR count). The van der Waals surface area contributed by atoms with E-state index in [9.17, 15) is 0 Å². The minimum absolute atomic E-state index is 1.09. The summed E-state index contributed by atoms with van der Waals surface area (Å²) in [6.07, 6.45) is 11.9. The van der Waals surface area contributed by atoms with Gasteiger partial charge in [0.05, 0.1) is 19.3 Å². The zero-order chi connectivity index (χ0) is 10.2. The molecule has 14 heavy (non-hydrogen) atoms. The zero-order valence-corrected chi connectivity index (χ0v) is 9.58. The number of unbranched alkanes of at least 4 members (excludes halogenated alkanes) is 2. The molecule has 1 aliphatic rings. The maximum atomic E-state index is 2.40. The third-order valence-corrected chi connectivity index (χ3v) is 2.52. The van der Waals surface area contributed by atoms with Crippen molar-refractivity contribution in [2.24, 2.45) is 0 Å². The first-order valence-electron chi connectivity index (χ1n) is 5.88. The van der Waals surface area contributed by atoms with Gasteiger partial charge in [0.15, 0.2) is 0 Å². The average Bonchev–Trinajstić information content (AvgIpc) is 2.24. The molecule has 2 heteroatoms. The van der Waals surface area contributed by atoms with Gasteiger partial charge in [-0.1, -0.05) is 26.7 Å². The molecule has 0 saturated carbocycles. The third kappa shape index (κ3) is 3.95. The van der Waals surface area contributed by atoms with E-state index < -0.39 is 0 Å². The largest absolute Gasteiger partial charge is 0.264 e. The molecule has 0 amide bonds. The molecule has 0 fully saturated rings. The second-order valence-electron chi connectivity index (χ2n) is 3.94. The van der Waals surface area contributed by atoms with Gasteiger partial charge in [-0.2, -0.15) is 0 Å². The Morgan fingerprint density at radius 2 is 2.00 bits per heavy atom. The van der Waals surface area contributed by atoms with E-state index >= 15 is 0 Å². The second kappa shape index (κ2) is 6.63. The van der Waals surface area contributed by atoms with Crippen LogP contribution in [0.15, 0.2) is 12.3 Å². The Morgan fingerprint density at radius 3 is 2.71 bits per heavy atom. The lowest BCUT2D eigenvalue weighted by Crippen LogP contribution is -2.29. The Kier molecular flexibility index (Phi) is 5.35. The standard InChI is InChI=1S/C12H23N2/c1-3-5-8-13-10-7-11-14(12-13)9-6-4-2/h7,10,12H,3-6,8-9,11H2,1-2H3/q+1. The van der Waals surface area contributed by atoms with Crippen molar-refractivity contribution in [3.8, 4) is 0 Å². The van der Waals surface area contributed by atoms with E-state index in [0.717, 1.165) is 13.1 Å². The van der Waals surface area contributed by atoms with E-state index in [2.05, 4.69) is 41.9 Å². The zero-order valence-electron chi connectivity index (χ0n) is 9.58. The van der Waals surface area contributed by atoms with E-state index in [-0.39, 0.29) is 0 Å². The average molecular weight is 195 g/mol. The molecule has 0 bridgehead atoms. The summed E-state index contributed by atoms with van der Waals surface area (Å²) >= 11 is 0. The van der Waals surface area contributed by atoms with Crippen LogP contribution in [0.2, 0.25) is 0 Å². The van der Waals surface area contributed by atoms with E-state index in [1.54, 1.807) is 0 Å². The second-order valence-corrected chi connectivity index (χ2v) is 3.94. The fourth-order valence-corrected chi connectivity index (χ4v) is 1.60. The Balaban J connectivity index is 2.33. The minimum atomic E-state index is 1.09. The van der Waals surface area contributed by atoms with Crippen LogP contribution >= 0.6 is 0 Å². The quantitative estimate of drug-likeness (QED) is 0.590. The van der Waals surface area contributed by atoms with E-state index in [4.69, 9.17) is 0 Å². The van der Waals surface area contributed by atoms with Crippen LogP contribution in [0.5, 0.6) is 0 Å². The Bertz CT molecular complexity index is 206. The molecule has 0 N–H and O–H groups in total. The van der Waals surface area contributed by atoms with Crippen molar-refractivity contribution in [3.63, 3.8) is 0 Å². The Labute approximate surface area is 87.9 Å². The number of rotatable bonds is 6. The van der Waals surface area contributed by atoms with E-state index in [0.29, 0.717) is 0 Å². The molecule has 1 aliphatic heterocycles. The normalized spacial score (nSPS) is 15.9. The van der Waals surface area contributed by atoms with Crippen molar-refractivity contribution < 1.29 is 4.58 Å². The van der Waals surface area contributed by atoms with E-state index in [1.165, 1.54) is 32.2 Å². The fraction of sp³-hybridized carbons (Fsp3) is 0.750. The molecule has 0 saturated heterocycles. The number of hydrogen-bond donors (Lipinski definition) is 0. The molecule has 0 unspecified atom stereocenters. The molecule has 0 atom stereocenters. The smallest absolute Gasteiger partial charge is 0.239 e. The molecular formula is C12H23N2+. The van der Waals surface area contributed by atoms with Crippen molar-refractivity contribution in [3.05, 3.63) is 12.3 Å². The lowest BCUT2D eigenvalue weighted by molar-refractivity contribution is -0.519. The van der Waals surface area contributed by atoms with Crippen LogP contribution in [0.4, 0.5) is 0 Å². The van der Waals surface area contributed by atoms with E-state index in [1.807, 2.05) is 0 Å². The number of hydrogen-bond acceptors (Lipinski definition) is 1. The van der Waals surface area contributed by atoms with Crippen molar-refractivity contribution in [1.82, 2.24) is 4.90 Å². The van der Waals surface area contributed by atoms with Crippen LogP contribution in [0.3, 0.4) is 0 Å². The van der Waals surface area contributed by atoms with Gasteiger partial charge in [-0.25, -0.2) is 4.90 Å². The van der Waals surface area contributed by atoms with Gasteiger partial charge in [0.2, 0.25) is 6.34 Å². The summed E-state index contributed by atoms with van der Waals surface area (Å²) in [6.45, 7) is 7.93. The van der Waals surface area contributed by atoms with Crippen LogP contribution in [-0.2, 0) is 0 Å². The Hall–Kier alpha value is -0.790. The molecule has 0 radical (unpaired) electrons. The van der Waals surface area contributed by atoms with Gasteiger partial charge in [0, 0.05) is 0 Å². The summed E-state index contributed by atoms with van der Waals surface area (Å²) in [4.78, 5) is 2.31. The van der Waals surface area contributed by atoms with Gasteiger partial charge in [0.1, 0.15) is 6.54 Å². The predicted octanol–water partition coefficient (Wildman–Crippen LogP) is 2.46. The summed E-state index contributed by atoms with van der Waals surface area (Å²) in [5.74, 6) is 0. The SMILES string of the molecule is CCCCN1C=CC[N+](CCCC)=C1. The van der Waals surface area contributed by atoms with Crippen LogP contribution < -0.4 is 0 Å². The highest BCUT2D eigenvalue weighted by atomic mass is 15.2. The van der Waals surface area contributed by atoms with Gasteiger partial charge in [-0.05, 0) is 18.9 Å². The molecular weight excluding hydrogens is 172 g/mol. The molecule has 1 heterocycles. The molecule has 0 aromatic carbocycles. The fourth-order valence-electron chi connectivity index (χ4n) is 1.60. The lowest BCUT2D eigenvalue weighted by atomic mass is 10.3. The molecule has 0 aromatic rings. The summed E-state index contributed by atoms with van der Waals surface area (Å²) in [7, 11) is 0. The van der Waals surface area contributed by atoms with Gasteiger partial charge in [-0.3, -0.25) is 4.58 Å². The Morgan fingerprint density at radius 1 is 1.21 bits per heavy atom. The van der Waals surface area contributed by atoms with Crippen molar-refractivity contribution in [2.45, 2.75) is 39.5 Å². The molecule has 0 aromatic heterocycles. The maximum Gasteiger partial charge on any atom is 0.239 e. The first-order chi connectivity index (χ1) is 6.86. The molecule has 0 spiro atoms. The van der Waals surface area contributed by atoms with Crippen LogP contribution in [0, 0.1) is 0 Å². The van der Waals surface area contributed by atoms with Crippen LogP contribution in [-0.4, -0.2) is 35.4 Å². The van der Waals surface area contributed by atoms with Gasteiger partial charge in [0.25, 0.3) is 0 Å². The first kappa shape index (κ1) is 11.3. The highest BCUT2D eigenvalue weighted by Crippen LogP contribution is 1.99. The monoisotopic (exact) mass is 195 g/mol. The first-order valence-corrected chi connectivity index (χ1v) is 5.88. The third-order valence-electron chi connectivity index (χ3n) is 2.52. The summed E-state index contributed by atoms with van der Waals surface area (Å²) < 4.78 is 2.40. The molecule has 2 nitrogen and oxygen atoms in total. The highest BCUT2D eigenvalue weighted by Gasteiger charge is 2.09. The summed E-state index contributed by atoms with van der Waals surface area (Å²) in [6, 6.07) is 0. The minimum Gasteiger partial charge on any atom is -0.264 e. The summed E-state index contributed by atoms with van der Waals surface area (Å²) in [5, 5.41) is 0. The molecule has 80 valence electrons. The molecule has 0 aliphatic carbocycles. The van der Waals surface area contributed by atoms with Crippen LogP contribution in [0.1, 0.15) is 39.5 Å². The summed E-state index contributed by atoms with van der Waals surface area (Å²) in [5.41, 5.74) is 0. The highest BCUT2D eigenvalue weighted by molar-refractivity contribution is 5.51. The van der Waals surface area contributed by atoms with Crippen molar-refractivity contribution in [2.75, 3.05) is 19.6 Å². The van der Waals surface area contributed by atoms with Crippen molar-refractivity contribution >= 4 is 6.34 Å².